The molecule has 2 aromatic heterocycles. The van der Waals surface area contributed by atoms with Crippen molar-refractivity contribution in [3.05, 3.63) is 51.4 Å². The molecule has 0 aliphatic heterocycles. The van der Waals surface area contributed by atoms with E-state index in [1.54, 1.807) is 0 Å². The minimum atomic E-state index is -1.44. The van der Waals surface area contributed by atoms with Gasteiger partial charge in [-0.05, 0) is 43.0 Å². The molecule has 1 aliphatic carbocycles. The number of hydrogen-bond acceptors (Lipinski definition) is 4. The van der Waals surface area contributed by atoms with Crippen LogP contribution in [-0.2, 0) is 20.0 Å². The molecular weight excluding hydrogens is 418 g/mol. The number of H-pyrrole nitrogens is 1. The van der Waals surface area contributed by atoms with E-state index in [9.17, 15) is 19.8 Å². The van der Waals surface area contributed by atoms with Crippen molar-refractivity contribution in [1.29, 1.82) is 0 Å². The van der Waals surface area contributed by atoms with Crippen molar-refractivity contribution in [1.82, 2.24) is 14.9 Å². The van der Waals surface area contributed by atoms with Gasteiger partial charge in [0.15, 0.2) is 5.56 Å². The van der Waals surface area contributed by atoms with Crippen LogP contribution in [0.5, 0.6) is 5.75 Å². The number of aromatic hydroxyl groups is 1. The van der Waals surface area contributed by atoms with Gasteiger partial charge in [-0.2, -0.15) is 0 Å². The fourth-order valence-corrected chi connectivity index (χ4v) is 4.53. The summed E-state index contributed by atoms with van der Waals surface area (Å²) in [5.41, 5.74) is 2.46. The third-order valence-electron chi connectivity index (χ3n) is 6.21. The average molecular weight is 446 g/mol. The number of aromatic carboxylic acids is 1. The topological polar surface area (TPSA) is 107 Å². The van der Waals surface area contributed by atoms with Crippen molar-refractivity contribution in [3.8, 4) is 17.0 Å². The van der Waals surface area contributed by atoms with Gasteiger partial charge in [0.2, 0.25) is 0 Å². The Morgan fingerprint density at radius 3 is 2.61 bits per heavy atom. The lowest BCUT2D eigenvalue weighted by atomic mass is 9.99. The molecule has 0 spiro atoms. The fourth-order valence-electron chi connectivity index (χ4n) is 4.53. The molecule has 0 unspecified atom stereocenters. The fraction of sp³-hybridized carbons (Fsp3) is 0.391. The summed E-state index contributed by atoms with van der Waals surface area (Å²) in [6.45, 7) is 2.62. The number of nitrogens with zero attached hydrogens (tertiary/aromatic N) is 1. The van der Waals surface area contributed by atoms with Gasteiger partial charge in [-0.3, -0.25) is 4.79 Å². The zero-order chi connectivity index (χ0) is 21.4. The molecule has 1 aliphatic rings. The van der Waals surface area contributed by atoms with Crippen molar-refractivity contribution in [2.24, 2.45) is 7.05 Å². The minimum absolute atomic E-state index is 0. The Hall–Kier alpha value is -2.77. The molecule has 0 atom stereocenters. The first-order valence-electron chi connectivity index (χ1n) is 10.4. The maximum absolute atomic E-state index is 12.3. The number of rotatable bonds is 6. The zero-order valence-electron chi connectivity index (χ0n) is 17.7. The van der Waals surface area contributed by atoms with E-state index in [1.807, 2.05) is 32.2 Å². The maximum Gasteiger partial charge on any atom is 0.345 e. The monoisotopic (exact) mass is 445 g/mol. The molecule has 31 heavy (non-hydrogen) atoms. The Morgan fingerprint density at radius 1 is 1.26 bits per heavy atom. The van der Waals surface area contributed by atoms with E-state index >= 15 is 0 Å². The number of carboxylic acid groups (broad SMARTS) is 1. The number of pyridine rings is 1. The van der Waals surface area contributed by atoms with Crippen molar-refractivity contribution >= 4 is 29.3 Å². The molecule has 0 saturated heterocycles. The van der Waals surface area contributed by atoms with Crippen LogP contribution < -0.4 is 10.9 Å². The van der Waals surface area contributed by atoms with Gasteiger partial charge in [-0.25, -0.2) is 4.79 Å². The van der Waals surface area contributed by atoms with Crippen LogP contribution in [0, 0.1) is 0 Å². The predicted molar refractivity (Wildman–Crippen MR) is 123 cm³/mol. The quantitative estimate of drug-likeness (QED) is 0.459. The summed E-state index contributed by atoms with van der Waals surface area (Å²) < 4.78 is 2.16. The summed E-state index contributed by atoms with van der Waals surface area (Å²) in [6.07, 6.45) is 5.44. The number of halogens is 1. The number of nitrogens with one attached hydrogen (secondary N) is 2. The molecule has 1 aromatic carbocycles. The molecule has 4 N–H and O–H groups in total. The molecule has 1 saturated carbocycles. The van der Waals surface area contributed by atoms with E-state index in [2.05, 4.69) is 20.9 Å². The third kappa shape index (κ3) is 4.20. The highest BCUT2D eigenvalue weighted by molar-refractivity contribution is 5.92. The first-order valence-corrected chi connectivity index (χ1v) is 10.4. The lowest BCUT2D eigenvalue weighted by Crippen LogP contribution is -2.26. The van der Waals surface area contributed by atoms with E-state index < -0.39 is 22.8 Å². The van der Waals surface area contributed by atoms with Crippen LogP contribution in [0.2, 0.25) is 0 Å². The number of carboxylic acids is 1. The standard InChI is InChI=1S/C23H27N3O4.ClH/c1-3-17-20(25-22(28)19(21(17)27)23(29)30)13-8-9-18-14(10-13)11-16(26(18)2)12-24-15-6-4-5-7-15;/h8-11,15,24H,3-7,12H2,1-2H3,(H,29,30)(H2,25,27,28);1H. The number of aryl methyl sites for hydroxylation is 1. The maximum atomic E-state index is 12.3. The molecule has 2 heterocycles. The number of fused-ring (bicyclic) bond motifs is 1. The second-order valence-corrected chi connectivity index (χ2v) is 8.02. The number of carbonyl (C=O) groups is 1. The highest BCUT2D eigenvalue weighted by atomic mass is 35.5. The first kappa shape index (κ1) is 22.9. The van der Waals surface area contributed by atoms with E-state index in [-0.39, 0.29) is 12.4 Å². The normalized spacial score (nSPS) is 14.1. The van der Waals surface area contributed by atoms with E-state index in [1.165, 1.54) is 31.4 Å². The van der Waals surface area contributed by atoms with Gasteiger partial charge < -0.3 is 25.1 Å². The Bertz CT molecular complexity index is 1180. The third-order valence-corrected chi connectivity index (χ3v) is 6.21. The number of aromatic amines is 1. The summed E-state index contributed by atoms with van der Waals surface area (Å²) in [5, 5.41) is 24.3. The Kier molecular flexibility index (Phi) is 6.77. The average Bonchev–Trinajstić information content (AvgIpc) is 3.33. The minimum Gasteiger partial charge on any atom is -0.506 e. The van der Waals surface area contributed by atoms with Crippen LogP contribution in [0.25, 0.3) is 22.2 Å². The molecular formula is C23H28ClN3O4. The van der Waals surface area contributed by atoms with Crippen LogP contribution in [0.15, 0.2) is 29.1 Å². The van der Waals surface area contributed by atoms with E-state index in [0.717, 1.165) is 23.0 Å². The largest absolute Gasteiger partial charge is 0.506 e. The van der Waals surface area contributed by atoms with Crippen LogP contribution in [-0.4, -0.2) is 31.8 Å². The number of hydrogen-bond donors (Lipinski definition) is 4. The molecule has 8 heteroatoms. The SMILES string of the molecule is CCc1c(-c2ccc3c(c2)cc(CNC2CCCC2)n3C)[nH]c(=O)c(C(=O)O)c1O.Cl. The van der Waals surface area contributed by atoms with Gasteiger partial charge in [0.05, 0.1) is 5.69 Å². The van der Waals surface area contributed by atoms with Gasteiger partial charge in [0, 0.05) is 41.8 Å². The lowest BCUT2D eigenvalue weighted by molar-refractivity contribution is 0.0691. The molecule has 0 radical (unpaired) electrons. The summed E-state index contributed by atoms with van der Waals surface area (Å²) in [6, 6.07) is 8.57. The second kappa shape index (κ2) is 9.16. The van der Waals surface area contributed by atoms with Gasteiger partial charge in [-0.15, -0.1) is 12.4 Å². The van der Waals surface area contributed by atoms with Gasteiger partial charge in [-0.1, -0.05) is 25.8 Å². The molecule has 1 fully saturated rings. The Morgan fingerprint density at radius 2 is 1.97 bits per heavy atom. The van der Waals surface area contributed by atoms with Crippen molar-refractivity contribution in [2.75, 3.05) is 0 Å². The molecule has 3 aromatic rings. The zero-order valence-corrected chi connectivity index (χ0v) is 18.5. The van der Waals surface area contributed by atoms with E-state index in [0.29, 0.717) is 23.7 Å². The highest BCUT2D eigenvalue weighted by Crippen LogP contribution is 2.32. The second-order valence-electron chi connectivity index (χ2n) is 8.02. The van der Waals surface area contributed by atoms with E-state index in [4.69, 9.17) is 0 Å². The van der Waals surface area contributed by atoms with Crippen molar-refractivity contribution < 1.29 is 15.0 Å². The molecule has 0 bridgehead atoms. The van der Waals surface area contributed by atoms with Gasteiger partial charge >= 0.3 is 5.97 Å². The van der Waals surface area contributed by atoms with Crippen LogP contribution in [0.3, 0.4) is 0 Å². The smallest absolute Gasteiger partial charge is 0.345 e. The van der Waals surface area contributed by atoms with Crippen LogP contribution in [0.4, 0.5) is 0 Å². The van der Waals surface area contributed by atoms with Gasteiger partial charge in [0.1, 0.15) is 5.75 Å². The summed E-state index contributed by atoms with van der Waals surface area (Å²) >= 11 is 0. The molecule has 166 valence electrons. The van der Waals surface area contributed by atoms with Crippen molar-refractivity contribution in [2.45, 2.75) is 51.6 Å². The lowest BCUT2D eigenvalue weighted by Gasteiger charge is -2.13. The van der Waals surface area contributed by atoms with Gasteiger partial charge in [0.25, 0.3) is 5.56 Å². The van der Waals surface area contributed by atoms with Crippen LogP contribution in [0.1, 0.15) is 54.2 Å². The van der Waals surface area contributed by atoms with Crippen LogP contribution >= 0.6 is 12.4 Å². The highest BCUT2D eigenvalue weighted by Gasteiger charge is 2.22. The first-order chi connectivity index (χ1) is 14.4. The molecule has 0 amide bonds. The number of benzene rings is 1. The Labute approximate surface area is 186 Å². The summed E-state index contributed by atoms with van der Waals surface area (Å²) in [7, 11) is 2.04. The molecule has 7 nitrogen and oxygen atoms in total. The summed E-state index contributed by atoms with van der Waals surface area (Å²) in [5.74, 6) is -1.90. The molecule has 4 rings (SSSR count). The Balaban J connectivity index is 0.00000272. The summed E-state index contributed by atoms with van der Waals surface area (Å²) in [4.78, 5) is 26.3. The predicted octanol–water partition coefficient (Wildman–Crippen LogP) is 3.95. The number of aromatic nitrogens is 2. The van der Waals surface area contributed by atoms with Crippen molar-refractivity contribution in [3.63, 3.8) is 0 Å².